The zero-order valence-corrected chi connectivity index (χ0v) is 11.7. The second kappa shape index (κ2) is 4.66. The van der Waals surface area contributed by atoms with Gasteiger partial charge < -0.3 is 9.84 Å². The van der Waals surface area contributed by atoms with Gasteiger partial charge in [0, 0.05) is 5.92 Å². The van der Waals surface area contributed by atoms with Crippen LogP contribution in [0.25, 0.3) is 0 Å². The Kier molecular flexibility index (Phi) is 4.07. The normalized spacial score (nSPS) is 31.3. The number of ether oxygens (including phenoxy) is 1. The molecule has 0 spiro atoms. The summed E-state index contributed by atoms with van der Waals surface area (Å²) in [4.78, 5) is 0. The van der Waals surface area contributed by atoms with E-state index < -0.39 is 0 Å². The SMILES string of the molecule is CCC(C)CC(O)C1CC(C)(C)OC1(C)C. The molecule has 0 saturated carbocycles. The molecule has 0 aromatic rings. The van der Waals surface area contributed by atoms with Gasteiger partial charge in [0.05, 0.1) is 17.3 Å². The van der Waals surface area contributed by atoms with Gasteiger partial charge in [-0.25, -0.2) is 0 Å². The van der Waals surface area contributed by atoms with Gasteiger partial charge in [0.15, 0.2) is 0 Å². The second-order valence-electron chi connectivity index (χ2n) is 6.59. The number of hydrogen-bond acceptors (Lipinski definition) is 2. The van der Waals surface area contributed by atoms with E-state index in [4.69, 9.17) is 4.74 Å². The summed E-state index contributed by atoms with van der Waals surface area (Å²) in [6.45, 7) is 12.8. The Labute approximate surface area is 100 Å². The Morgan fingerprint density at radius 3 is 2.25 bits per heavy atom. The van der Waals surface area contributed by atoms with Crippen molar-refractivity contribution in [3.8, 4) is 0 Å². The zero-order valence-electron chi connectivity index (χ0n) is 11.7. The number of aliphatic hydroxyl groups is 1. The molecule has 0 aliphatic carbocycles. The summed E-state index contributed by atoms with van der Waals surface area (Å²) in [6.07, 6.45) is 2.75. The predicted molar refractivity (Wildman–Crippen MR) is 67.4 cm³/mol. The summed E-state index contributed by atoms with van der Waals surface area (Å²) in [7, 11) is 0. The molecule has 0 radical (unpaired) electrons. The van der Waals surface area contributed by atoms with E-state index in [2.05, 4.69) is 41.5 Å². The van der Waals surface area contributed by atoms with Gasteiger partial charge in [-0.1, -0.05) is 20.3 Å². The molecule has 0 aromatic carbocycles. The van der Waals surface area contributed by atoms with Gasteiger partial charge in [-0.3, -0.25) is 0 Å². The van der Waals surface area contributed by atoms with Crippen molar-refractivity contribution in [2.24, 2.45) is 11.8 Å². The van der Waals surface area contributed by atoms with Crippen molar-refractivity contribution in [2.45, 2.75) is 78.1 Å². The van der Waals surface area contributed by atoms with Crippen LogP contribution in [0.5, 0.6) is 0 Å². The maximum absolute atomic E-state index is 10.3. The summed E-state index contributed by atoms with van der Waals surface area (Å²) >= 11 is 0. The molecule has 2 heteroatoms. The van der Waals surface area contributed by atoms with Gasteiger partial charge in [0.25, 0.3) is 0 Å². The highest BCUT2D eigenvalue weighted by Crippen LogP contribution is 2.44. The van der Waals surface area contributed by atoms with Gasteiger partial charge in [0.2, 0.25) is 0 Å². The molecule has 1 aliphatic rings. The molecule has 96 valence electrons. The maximum Gasteiger partial charge on any atom is 0.0687 e. The Morgan fingerprint density at radius 2 is 1.88 bits per heavy atom. The van der Waals surface area contributed by atoms with Crippen LogP contribution in [-0.2, 0) is 4.74 Å². The molecule has 1 saturated heterocycles. The summed E-state index contributed by atoms with van der Waals surface area (Å²) in [5.41, 5.74) is -0.291. The van der Waals surface area contributed by atoms with Crippen LogP contribution >= 0.6 is 0 Å². The molecule has 2 nitrogen and oxygen atoms in total. The van der Waals surface area contributed by atoms with Crippen LogP contribution in [0, 0.1) is 11.8 Å². The average molecular weight is 228 g/mol. The monoisotopic (exact) mass is 228 g/mol. The number of aliphatic hydroxyl groups excluding tert-OH is 1. The summed E-state index contributed by atoms with van der Waals surface area (Å²) < 4.78 is 6.03. The van der Waals surface area contributed by atoms with Crippen LogP contribution in [0.1, 0.15) is 60.8 Å². The number of rotatable bonds is 4. The highest BCUT2D eigenvalue weighted by Gasteiger charge is 2.48. The molecule has 3 atom stereocenters. The second-order valence-corrected chi connectivity index (χ2v) is 6.59. The Bertz CT molecular complexity index is 233. The first-order valence-electron chi connectivity index (χ1n) is 6.56. The lowest BCUT2D eigenvalue weighted by molar-refractivity contribution is -0.0892. The third-order valence-electron chi connectivity index (χ3n) is 3.95. The third kappa shape index (κ3) is 3.21. The Morgan fingerprint density at radius 1 is 1.31 bits per heavy atom. The van der Waals surface area contributed by atoms with Crippen molar-refractivity contribution in [3.63, 3.8) is 0 Å². The van der Waals surface area contributed by atoms with Crippen LogP contribution < -0.4 is 0 Å². The van der Waals surface area contributed by atoms with Crippen molar-refractivity contribution in [1.82, 2.24) is 0 Å². The molecule has 3 unspecified atom stereocenters. The standard InChI is InChI=1S/C14H28O2/c1-7-10(2)8-12(15)11-9-13(3,4)16-14(11,5)6/h10-12,15H,7-9H2,1-6H3. The van der Waals surface area contributed by atoms with E-state index in [0.29, 0.717) is 5.92 Å². The minimum atomic E-state index is -0.230. The third-order valence-corrected chi connectivity index (χ3v) is 3.95. The largest absolute Gasteiger partial charge is 0.393 e. The highest BCUT2D eigenvalue weighted by atomic mass is 16.5. The van der Waals surface area contributed by atoms with Gasteiger partial charge >= 0.3 is 0 Å². The molecule has 0 amide bonds. The molecule has 0 bridgehead atoms. The van der Waals surface area contributed by atoms with E-state index in [9.17, 15) is 5.11 Å². The molecule has 1 fully saturated rings. The number of hydrogen-bond donors (Lipinski definition) is 1. The molecule has 1 heterocycles. The van der Waals surface area contributed by atoms with Gasteiger partial charge in [-0.15, -0.1) is 0 Å². The van der Waals surface area contributed by atoms with Crippen molar-refractivity contribution >= 4 is 0 Å². The lowest BCUT2D eigenvalue weighted by atomic mass is 9.80. The summed E-state index contributed by atoms with van der Waals surface area (Å²) in [5.74, 6) is 0.853. The Hall–Kier alpha value is -0.0800. The molecular weight excluding hydrogens is 200 g/mol. The molecule has 0 aromatic heterocycles. The lowest BCUT2D eigenvalue weighted by Gasteiger charge is -2.31. The van der Waals surface area contributed by atoms with Crippen molar-refractivity contribution in [1.29, 1.82) is 0 Å². The van der Waals surface area contributed by atoms with E-state index >= 15 is 0 Å². The van der Waals surface area contributed by atoms with Gasteiger partial charge in [-0.2, -0.15) is 0 Å². The van der Waals surface area contributed by atoms with Crippen molar-refractivity contribution < 1.29 is 9.84 Å². The van der Waals surface area contributed by atoms with Crippen molar-refractivity contribution in [3.05, 3.63) is 0 Å². The van der Waals surface area contributed by atoms with E-state index in [1.807, 2.05) is 0 Å². The Balaban J connectivity index is 2.65. The predicted octanol–water partition coefficient (Wildman–Crippen LogP) is 3.38. The van der Waals surface area contributed by atoms with Gasteiger partial charge in [-0.05, 0) is 46.5 Å². The minimum absolute atomic E-state index is 0.0927. The fourth-order valence-electron chi connectivity index (χ4n) is 2.95. The lowest BCUT2D eigenvalue weighted by Crippen LogP contribution is -2.37. The summed E-state index contributed by atoms with van der Waals surface area (Å²) in [6, 6.07) is 0. The summed E-state index contributed by atoms with van der Waals surface area (Å²) in [5, 5.41) is 10.3. The first-order chi connectivity index (χ1) is 7.18. The van der Waals surface area contributed by atoms with Gasteiger partial charge in [0.1, 0.15) is 0 Å². The van der Waals surface area contributed by atoms with Crippen molar-refractivity contribution in [2.75, 3.05) is 0 Å². The highest BCUT2D eigenvalue weighted by molar-refractivity contribution is 4.97. The van der Waals surface area contributed by atoms with E-state index in [1.165, 1.54) is 0 Å². The molecule has 1 aliphatic heterocycles. The minimum Gasteiger partial charge on any atom is -0.393 e. The van der Waals surface area contributed by atoms with E-state index in [1.54, 1.807) is 0 Å². The average Bonchev–Trinajstić information content (AvgIpc) is 2.34. The zero-order chi connectivity index (χ0) is 12.6. The van der Waals surface area contributed by atoms with E-state index in [-0.39, 0.29) is 23.2 Å². The first kappa shape index (κ1) is 14.0. The quantitative estimate of drug-likeness (QED) is 0.799. The first-order valence-corrected chi connectivity index (χ1v) is 6.56. The van der Waals surface area contributed by atoms with Crippen LogP contribution in [0.2, 0.25) is 0 Å². The van der Waals surface area contributed by atoms with Crippen LogP contribution in [0.15, 0.2) is 0 Å². The van der Waals surface area contributed by atoms with Crippen LogP contribution in [0.4, 0.5) is 0 Å². The molecular formula is C14H28O2. The fourth-order valence-corrected chi connectivity index (χ4v) is 2.95. The maximum atomic E-state index is 10.3. The fraction of sp³-hybridized carbons (Fsp3) is 1.00. The topological polar surface area (TPSA) is 29.5 Å². The smallest absolute Gasteiger partial charge is 0.0687 e. The molecule has 1 rings (SSSR count). The molecule has 1 N–H and O–H groups in total. The van der Waals surface area contributed by atoms with Crippen LogP contribution in [0.3, 0.4) is 0 Å². The van der Waals surface area contributed by atoms with E-state index in [0.717, 1.165) is 19.3 Å². The van der Waals surface area contributed by atoms with Crippen LogP contribution in [-0.4, -0.2) is 22.4 Å². The molecule has 16 heavy (non-hydrogen) atoms.